The van der Waals surface area contributed by atoms with Crippen LogP contribution in [0.5, 0.6) is 5.75 Å². The lowest BCUT2D eigenvalue weighted by atomic mass is 10.1. The number of carbonyl (C=O) groups is 1. The van der Waals surface area contributed by atoms with Crippen molar-refractivity contribution in [3.63, 3.8) is 0 Å². The van der Waals surface area contributed by atoms with Gasteiger partial charge in [-0.05, 0) is 69.9 Å². The first-order valence-corrected chi connectivity index (χ1v) is 10.8. The zero-order valence-corrected chi connectivity index (χ0v) is 22.1. The number of guanidine groups is 1. The van der Waals surface area contributed by atoms with Crippen molar-refractivity contribution in [2.75, 3.05) is 40.3 Å². The van der Waals surface area contributed by atoms with Crippen LogP contribution in [0, 0.1) is 5.82 Å². The van der Waals surface area contributed by atoms with Gasteiger partial charge in [0.2, 0.25) is 0 Å². The number of rotatable bonds is 11. The number of benzene rings is 2. The maximum atomic E-state index is 13.0. The summed E-state index contributed by atoms with van der Waals surface area (Å²) in [5.41, 5.74) is 1.56. The normalized spacial score (nSPS) is 12.0. The molecule has 33 heavy (non-hydrogen) atoms. The predicted molar refractivity (Wildman–Crippen MR) is 142 cm³/mol. The average Bonchev–Trinajstić information content (AvgIpc) is 2.77. The SMILES string of the molecule is CCNC(=NCc1cccc(C(=O)NCCN(C)C)c1)NCC(C)Oc1ccc(F)cc1.I. The first-order chi connectivity index (χ1) is 15.4. The Kier molecular flexibility index (Phi) is 13.4. The maximum absolute atomic E-state index is 13.0. The molecule has 0 aliphatic heterocycles. The van der Waals surface area contributed by atoms with Crippen molar-refractivity contribution in [2.45, 2.75) is 26.5 Å². The monoisotopic (exact) mass is 571 g/mol. The van der Waals surface area contributed by atoms with Gasteiger partial charge in [-0.15, -0.1) is 24.0 Å². The highest BCUT2D eigenvalue weighted by Crippen LogP contribution is 2.12. The summed E-state index contributed by atoms with van der Waals surface area (Å²) in [6.07, 6.45) is -0.140. The third kappa shape index (κ3) is 11.3. The molecule has 0 spiro atoms. The first kappa shape index (κ1) is 28.6. The van der Waals surface area contributed by atoms with Crippen molar-refractivity contribution in [2.24, 2.45) is 4.99 Å². The summed E-state index contributed by atoms with van der Waals surface area (Å²) in [6.45, 7) is 6.98. The zero-order chi connectivity index (χ0) is 23.3. The van der Waals surface area contributed by atoms with E-state index in [1.807, 2.05) is 51.0 Å². The summed E-state index contributed by atoms with van der Waals surface area (Å²) in [6, 6.07) is 13.4. The van der Waals surface area contributed by atoms with Gasteiger partial charge in [0.25, 0.3) is 5.91 Å². The number of hydrogen-bond donors (Lipinski definition) is 3. The lowest BCUT2D eigenvalue weighted by Gasteiger charge is -2.17. The predicted octanol–water partition coefficient (Wildman–Crippen LogP) is 3.26. The number of aliphatic imine (C=N–C) groups is 1. The second-order valence-electron chi connectivity index (χ2n) is 7.72. The van der Waals surface area contributed by atoms with E-state index in [-0.39, 0.29) is 41.8 Å². The molecular weight excluding hydrogens is 536 g/mol. The minimum atomic E-state index is -0.292. The summed E-state index contributed by atoms with van der Waals surface area (Å²) in [4.78, 5) is 19.0. The second kappa shape index (κ2) is 15.4. The Morgan fingerprint density at radius 2 is 1.85 bits per heavy atom. The molecule has 1 atom stereocenters. The second-order valence-corrected chi connectivity index (χ2v) is 7.72. The van der Waals surface area contributed by atoms with E-state index in [0.29, 0.717) is 43.5 Å². The number of ether oxygens (including phenoxy) is 1. The van der Waals surface area contributed by atoms with E-state index in [0.717, 1.165) is 12.1 Å². The van der Waals surface area contributed by atoms with Gasteiger partial charge < -0.3 is 25.6 Å². The summed E-state index contributed by atoms with van der Waals surface area (Å²) >= 11 is 0. The zero-order valence-electron chi connectivity index (χ0n) is 19.7. The fraction of sp³-hybridized carbons (Fsp3) is 0.417. The number of likely N-dealkylation sites (N-methyl/N-ethyl adjacent to an activating group) is 1. The van der Waals surface area contributed by atoms with Crippen molar-refractivity contribution < 1.29 is 13.9 Å². The number of amides is 1. The van der Waals surface area contributed by atoms with Crippen molar-refractivity contribution in [3.8, 4) is 5.75 Å². The van der Waals surface area contributed by atoms with Crippen LogP contribution < -0.4 is 20.7 Å². The van der Waals surface area contributed by atoms with Gasteiger partial charge in [-0.25, -0.2) is 9.38 Å². The van der Waals surface area contributed by atoms with E-state index in [4.69, 9.17) is 4.74 Å². The van der Waals surface area contributed by atoms with Crippen LogP contribution in [0.2, 0.25) is 0 Å². The molecule has 3 N–H and O–H groups in total. The highest BCUT2D eigenvalue weighted by Gasteiger charge is 2.08. The molecule has 2 aromatic carbocycles. The van der Waals surface area contributed by atoms with Crippen LogP contribution in [0.4, 0.5) is 4.39 Å². The number of halogens is 2. The number of nitrogens with zero attached hydrogens (tertiary/aromatic N) is 2. The quantitative estimate of drug-likeness (QED) is 0.219. The van der Waals surface area contributed by atoms with Crippen LogP contribution >= 0.6 is 24.0 Å². The van der Waals surface area contributed by atoms with E-state index < -0.39 is 0 Å². The molecule has 0 saturated carbocycles. The van der Waals surface area contributed by atoms with Crippen LogP contribution in [-0.2, 0) is 6.54 Å². The van der Waals surface area contributed by atoms with Crippen LogP contribution in [0.1, 0.15) is 29.8 Å². The smallest absolute Gasteiger partial charge is 0.251 e. The van der Waals surface area contributed by atoms with Crippen molar-refractivity contribution in [3.05, 3.63) is 65.5 Å². The highest BCUT2D eigenvalue weighted by atomic mass is 127. The third-order valence-corrected chi connectivity index (χ3v) is 4.51. The lowest BCUT2D eigenvalue weighted by Crippen LogP contribution is -2.41. The van der Waals surface area contributed by atoms with Gasteiger partial charge in [0.15, 0.2) is 5.96 Å². The van der Waals surface area contributed by atoms with E-state index >= 15 is 0 Å². The fourth-order valence-corrected chi connectivity index (χ4v) is 2.85. The Balaban J connectivity index is 0.00000544. The van der Waals surface area contributed by atoms with Gasteiger partial charge in [-0.3, -0.25) is 4.79 Å². The minimum Gasteiger partial charge on any atom is -0.489 e. The molecule has 0 radical (unpaired) electrons. The van der Waals surface area contributed by atoms with Crippen LogP contribution in [0.25, 0.3) is 0 Å². The molecular formula is C24H35FIN5O2. The van der Waals surface area contributed by atoms with E-state index in [1.54, 1.807) is 18.2 Å². The Labute approximate surface area is 213 Å². The number of nitrogens with one attached hydrogen (secondary N) is 3. The molecule has 7 nitrogen and oxygen atoms in total. The minimum absolute atomic E-state index is 0. The van der Waals surface area contributed by atoms with E-state index in [9.17, 15) is 9.18 Å². The standard InChI is InChI=1S/C24H34FN5O2.HI/c1-5-26-24(28-16-18(2)32-22-11-9-21(25)10-12-22)29-17-19-7-6-8-20(15-19)23(31)27-13-14-30(3)4;/h6-12,15,18H,5,13-14,16-17H2,1-4H3,(H,27,31)(H2,26,28,29);1H. The summed E-state index contributed by atoms with van der Waals surface area (Å²) in [5, 5.41) is 9.38. The Morgan fingerprint density at radius 3 is 2.52 bits per heavy atom. The molecule has 2 aromatic rings. The van der Waals surface area contributed by atoms with Gasteiger partial charge in [-0.1, -0.05) is 12.1 Å². The Bertz CT molecular complexity index is 877. The molecule has 9 heteroatoms. The third-order valence-electron chi connectivity index (χ3n) is 4.51. The summed E-state index contributed by atoms with van der Waals surface area (Å²) in [7, 11) is 3.94. The molecule has 1 amide bonds. The molecule has 0 aliphatic rings. The van der Waals surface area contributed by atoms with Gasteiger partial charge in [0.05, 0.1) is 13.1 Å². The molecule has 0 aliphatic carbocycles. The maximum Gasteiger partial charge on any atom is 0.251 e. The van der Waals surface area contributed by atoms with E-state index in [1.165, 1.54) is 12.1 Å². The van der Waals surface area contributed by atoms with Crippen LogP contribution in [0.15, 0.2) is 53.5 Å². The molecule has 1 unspecified atom stereocenters. The van der Waals surface area contributed by atoms with Gasteiger partial charge in [0.1, 0.15) is 17.7 Å². The molecule has 0 heterocycles. The molecule has 0 bridgehead atoms. The van der Waals surface area contributed by atoms with Crippen LogP contribution in [-0.4, -0.2) is 63.1 Å². The molecule has 2 rings (SSSR count). The van der Waals surface area contributed by atoms with Gasteiger partial charge in [-0.2, -0.15) is 0 Å². The molecule has 0 saturated heterocycles. The number of hydrogen-bond acceptors (Lipinski definition) is 4. The largest absolute Gasteiger partial charge is 0.489 e. The first-order valence-electron chi connectivity index (χ1n) is 10.8. The molecule has 0 aromatic heterocycles. The Morgan fingerprint density at radius 1 is 1.12 bits per heavy atom. The van der Waals surface area contributed by atoms with Crippen molar-refractivity contribution >= 4 is 35.8 Å². The van der Waals surface area contributed by atoms with Crippen molar-refractivity contribution in [1.82, 2.24) is 20.9 Å². The molecule has 182 valence electrons. The van der Waals surface area contributed by atoms with E-state index in [2.05, 4.69) is 20.9 Å². The topological polar surface area (TPSA) is 78.0 Å². The highest BCUT2D eigenvalue weighted by molar-refractivity contribution is 14.0. The average molecular weight is 571 g/mol. The Hall–Kier alpha value is -2.40. The number of carbonyl (C=O) groups excluding carboxylic acids is 1. The lowest BCUT2D eigenvalue weighted by molar-refractivity contribution is 0.0951. The van der Waals surface area contributed by atoms with Gasteiger partial charge >= 0.3 is 0 Å². The van der Waals surface area contributed by atoms with Crippen LogP contribution in [0.3, 0.4) is 0 Å². The fourth-order valence-electron chi connectivity index (χ4n) is 2.85. The summed E-state index contributed by atoms with van der Waals surface area (Å²) in [5.74, 6) is 0.889. The molecule has 0 fully saturated rings. The summed E-state index contributed by atoms with van der Waals surface area (Å²) < 4.78 is 18.8. The van der Waals surface area contributed by atoms with Gasteiger partial charge in [0, 0.05) is 25.2 Å². The van der Waals surface area contributed by atoms with Crippen molar-refractivity contribution in [1.29, 1.82) is 0 Å².